The van der Waals surface area contributed by atoms with E-state index in [0.29, 0.717) is 12.8 Å². The van der Waals surface area contributed by atoms with Crippen molar-refractivity contribution in [2.45, 2.75) is 466 Å². The summed E-state index contributed by atoms with van der Waals surface area (Å²) < 4.78 is 83.0. The zero-order valence-corrected chi connectivity index (χ0v) is 77.7. The summed E-state index contributed by atoms with van der Waals surface area (Å²) >= 11 is 0. The van der Waals surface area contributed by atoms with Gasteiger partial charge >= 0.3 is 5.97 Å². The SMILES string of the molecule is CCCCCCCCCCCCC/C=C/[C@@H](O)[C@H](CO[C@@H]1OC(CO)[C@@H](O[C@@H]2OC(CO)[C@H](O)[C@H](O[C@@H]3OC(CO)[C@@H](O[C@@H]4OC(CO)[C@H](O)[C@H](O[C@@H]5OC(CO)[C@@H](O[C@@H]6OC(CO)[C@H](O)[C@H](O[C@]7(C(=O)O)CC(O)[C@@H](NC(C)=O)C([C@H](O)[C@H](O)CO)O7)C6O)[C@H](O)C5NC(C)=O)C4O)[C@H](O)C3NC(C)=O)C2O)[C@H](O)C1O)NC(=O)CCCCCCCCCCCCCCCCCCC. The lowest BCUT2D eigenvalue weighted by molar-refractivity contribution is -0.391. The minimum atomic E-state index is -3.25. The van der Waals surface area contributed by atoms with Crippen molar-refractivity contribution in [3.8, 4) is 0 Å². The number of carbonyl (C=O) groups excluding carboxylic acids is 4. The van der Waals surface area contributed by atoms with Crippen LogP contribution in [0.3, 0.4) is 0 Å². The Morgan fingerprint density at radius 1 is 0.388 bits per heavy atom. The van der Waals surface area contributed by atoms with Crippen LogP contribution >= 0.6 is 0 Å². The number of amides is 4. The Morgan fingerprint density at radius 3 is 1.10 bits per heavy atom. The van der Waals surface area contributed by atoms with E-state index in [0.717, 1.165) is 72.1 Å². The summed E-state index contributed by atoms with van der Waals surface area (Å²) in [6.45, 7) is -0.981. The molecule has 134 heavy (non-hydrogen) atoms. The van der Waals surface area contributed by atoms with Gasteiger partial charge in [-0.25, -0.2) is 4.79 Å². The first kappa shape index (κ1) is 117. The van der Waals surface area contributed by atoms with Gasteiger partial charge in [0.1, 0.15) is 165 Å². The number of aliphatic hydroxyl groups is 21. The van der Waals surface area contributed by atoms with Crippen LogP contribution in [0.5, 0.6) is 0 Å². The smallest absolute Gasteiger partial charge is 0.364 e. The third kappa shape index (κ3) is 34.0. The summed E-state index contributed by atoms with van der Waals surface area (Å²) in [7, 11) is 0. The predicted molar refractivity (Wildman–Crippen MR) is 464 cm³/mol. The molecule has 7 rings (SSSR count). The number of aliphatic hydroxyl groups excluding tert-OH is 21. The van der Waals surface area contributed by atoms with Crippen molar-refractivity contribution < 1.29 is 203 Å². The number of nitrogens with one attached hydrogen (secondary N) is 4. The molecule has 7 heterocycles. The molecule has 38 atom stereocenters. The summed E-state index contributed by atoms with van der Waals surface area (Å²) in [5.74, 6) is -8.44. The molecule has 780 valence electrons. The molecule has 45 heteroatoms. The molecule has 0 aliphatic carbocycles. The highest BCUT2D eigenvalue weighted by molar-refractivity contribution is 5.77. The predicted octanol–water partition coefficient (Wildman–Crippen LogP) is -4.47. The molecule has 0 bridgehead atoms. The number of carboxylic acids is 1. The second-order valence-corrected chi connectivity index (χ2v) is 36.3. The van der Waals surface area contributed by atoms with Gasteiger partial charge in [0.05, 0.1) is 77.1 Å². The Bertz CT molecular complexity index is 3340. The Morgan fingerprint density at radius 2 is 0.724 bits per heavy atom. The quantitative estimate of drug-likeness (QED) is 0.0202. The first-order valence-electron chi connectivity index (χ1n) is 48.1. The number of hydrogen-bond donors (Lipinski definition) is 26. The molecule has 4 amide bonds. The molecule has 0 radical (unpaired) electrons. The molecule has 0 aromatic carbocycles. The fourth-order valence-electron chi connectivity index (χ4n) is 18.0. The van der Waals surface area contributed by atoms with E-state index in [1.54, 1.807) is 6.08 Å². The summed E-state index contributed by atoms with van der Waals surface area (Å²) in [4.78, 5) is 65.1. The van der Waals surface area contributed by atoms with Crippen molar-refractivity contribution in [3.05, 3.63) is 12.2 Å². The third-order valence-electron chi connectivity index (χ3n) is 25.7. The first-order valence-corrected chi connectivity index (χ1v) is 48.1. The number of ether oxygens (including phenoxy) is 14. The van der Waals surface area contributed by atoms with Crippen LogP contribution < -0.4 is 21.3 Å². The number of aliphatic carboxylic acids is 1. The van der Waals surface area contributed by atoms with Crippen LogP contribution in [0.15, 0.2) is 12.2 Å². The van der Waals surface area contributed by atoms with E-state index in [2.05, 4.69) is 35.1 Å². The van der Waals surface area contributed by atoms with E-state index in [1.165, 1.54) is 122 Å². The number of hydrogen-bond acceptors (Lipinski definition) is 40. The Kier molecular flexibility index (Phi) is 52.4. The topological polar surface area (TPSA) is 708 Å². The lowest BCUT2D eigenvalue weighted by atomic mass is 9.88. The average Bonchev–Trinajstić information content (AvgIpc) is 0.727. The molecule has 0 spiro atoms. The summed E-state index contributed by atoms with van der Waals surface area (Å²) in [6.07, 6.45) is -32.5. The van der Waals surface area contributed by atoms with Crippen LogP contribution in [0.4, 0.5) is 0 Å². The molecule has 45 nitrogen and oxygen atoms in total. The maximum Gasteiger partial charge on any atom is 0.364 e. The van der Waals surface area contributed by atoms with Crippen LogP contribution in [0.25, 0.3) is 0 Å². The van der Waals surface area contributed by atoms with Gasteiger partial charge in [-0.05, 0) is 19.3 Å². The Hall–Kier alpha value is -4.31. The molecule has 7 aliphatic rings. The zero-order valence-electron chi connectivity index (χ0n) is 77.7. The molecule has 0 aromatic rings. The van der Waals surface area contributed by atoms with Crippen LogP contribution in [-0.2, 0) is 90.3 Å². The standard InChI is InChI=1S/C89H158N4O41/c1-6-8-10-12-14-16-18-20-21-22-23-25-27-29-31-33-35-37-60(107)93-50(51(104)36-34-32-30-28-26-24-19-17-15-13-11-9-7-2)46-121-84-71(115)70(114)77(59(45-100)127-84)130-86-73(117)80(66(110)55(41-96)123-86)132-82-62(91-48(4)102)68(112)75(57(43-98)125-82)128-85-72(116)79(65(109)54(40-95)122-85)131-83-63(92-49(5)103)69(113)76(58(44-99)126-83)129-87-74(118)81(67(111)56(42-97)124-87)134-89(88(119)120)38-52(105)61(90-47(3)101)78(133-89)64(108)53(106)39-94/h34,36,50-59,61-87,94-100,104-106,108-118H,6-33,35,37-46H2,1-5H3,(H,90,101)(H,91,102)(H,92,103)(H,93,107)(H,119,120)/b36-34+/t50-,51+,52?,53+,54?,55?,56?,57?,58?,59?,61+,62?,63?,64+,65-,66-,67-,68+,69+,70+,71?,72?,73?,74?,75+,76+,77+,78?,79-,80-,81-,82-,83-,84+,85-,86-,87-,89-/m0/s1. The van der Waals surface area contributed by atoms with Gasteiger partial charge in [-0.15, -0.1) is 0 Å². The van der Waals surface area contributed by atoms with Crippen LogP contribution in [-0.4, -0.2) is 427 Å². The van der Waals surface area contributed by atoms with Gasteiger partial charge in [0.15, 0.2) is 37.7 Å². The number of carboxylic acid groups (broad SMARTS) is 1. The normalized spacial score (nSPS) is 36.9. The van der Waals surface area contributed by atoms with E-state index in [1.807, 2.05) is 6.08 Å². The van der Waals surface area contributed by atoms with Gasteiger partial charge in [-0.2, -0.15) is 0 Å². The maximum absolute atomic E-state index is 13.6. The summed E-state index contributed by atoms with van der Waals surface area (Å²) in [5, 5.41) is 258. The molecule has 7 fully saturated rings. The van der Waals surface area contributed by atoms with E-state index < -0.39 is 315 Å². The molecule has 7 aliphatic heterocycles. The second-order valence-electron chi connectivity index (χ2n) is 36.3. The van der Waals surface area contributed by atoms with Crippen molar-refractivity contribution in [2.75, 3.05) is 52.9 Å². The molecular weight excluding hydrogens is 1780 g/mol. The van der Waals surface area contributed by atoms with Gasteiger partial charge < -0.3 is 200 Å². The van der Waals surface area contributed by atoms with E-state index in [-0.39, 0.29) is 12.3 Å². The number of allylic oxidation sites excluding steroid dienone is 1. The van der Waals surface area contributed by atoms with Gasteiger partial charge in [-0.1, -0.05) is 193 Å². The van der Waals surface area contributed by atoms with Crippen molar-refractivity contribution in [2.24, 2.45) is 0 Å². The molecule has 26 N–H and O–H groups in total. The van der Waals surface area contributed by atoms with E-state index >= 15 is 0 Å². The summed E-state index contributed by atoms with van der Waals surface area (Å²) in [5.41, 5.74) is 0. The Labute approximate surface area is 781 Å². The van der Waals surface area contributed by atoms with Crippen LogP contribution in [0.2, 0.25) is 0 Å². The van der Waals surface area contributed by atoms with E-state index in [4.69, 9.17) is 66.3 Å². The molecule has 7 saturated heterocycles. The minimum absolute atomic E-state index is 0.153. The van der Waals surface area contributed by atoms with Gasteiger partial charge in [-0.3, -0.25) is 19.2 Å². The third-order valence-corrected chi connectivity index (χ3v) is 25.7. The molecule has 0 aromatic heterocycles. The lowest BCUT2D eigenvalue weighted by Crippen LogP contribution is -2.71. The largest absolute Gasteiger partial charge is 0.477 e. The highest BCUT2D eigenvalue weighted by Crippen LogP contribution is 2.42. The second kappa shape index (κ2) is 60.2. The highest BCUT2D eigenvalue weighted by atomic mass is 16.8. The fourth-order valence-corrected chi connectivity index (χ4v) is 18.0. The van der Waals surface area contributed by atoms with Crippen molar-refractivity contribution in [1.82, 2.24) is 21.3 Å². The fraction of sp³-hybridized carbons (Fsp3) is 0.921. The number of rotatable bonds is 61. The molecule has 14 unspecified atom stereocenters. The lowest BCUT2D eigenvalue weighted by Gasteiger charge is -2.51. The zero-order chi connectivity index (χ0) is 98.5. The minimum Gasteiger partial charge on any atom is -0.477 e. The van der Waals surface area contributed by atoms with Gasteiger partial charge in [0.2, 0.25) is 23.6 Å². The summed E-state index contributed by atoms with van der Waals surface area (Å²) in [6, 6.07) is -6.68. The number of carbonyl (C=O) groups is 5. The highest BCUT2D eigenvalue weighted by Gasteiger charge is 2.63. The van der Waals surface area contributed by atoms with E-state index in [9.17, 15) is 136 Å². The average molecular weight is 1940 g/mol. The van der Waals surface area contributed by atoms with Crippen LogP contribution in [0.1, 0.15) is 234 Å². The first-order chi connectivity index (χ1) is 64.1. The van der Waals surface area contributed by atoms with Crippen molar-refractivity contribution in [1.29, 1.82) is 0 Å². The van der Waals surface area contributed by atoms with Crippen LogP contribution in [0, 0.1) is 0 Å². The van der Waals surface area contributed by atoms with Gasteiger partial charge in [0.25, 0.3) is 5.79 Å². The van der Waals surface area contributed by atoms with Crippen molar-refractivity contribution >= 4 is 29.6 Å². The molecular formula is C89H158N4O41. The number of unbranched alkanes of at least 4 members (excludes halogenated alkanes) is 27. The maximum atomic E-state index is 13.6. The molecule has 0 saturated carbocycles. The monoisotopic (exact) mass is 1940 g/mol. The van der Waals surface area contributed by atoms with Crippen molar-refractivity contribution in [3.63, 3.8) is 0 Å². The Balaban J connectivity index is 1.000. The van der Waals surface area contributed by atoms with Gasteiger partial charge in [0, 0.05) is 33.6 Å².